The number of rotatable bonds is 14. The molecule has 2 aromatic carbocycles. The summed E-state index contributed by atoms with van der Waals surface area (Å²) in [4.78, 5) is 69.7. The number of hydrogen-bond acceptors (Lipinski definition) is 12. The molecule has 1 aromatic heterocycles. The Morgan fingerprint density at radius 3 is 2.33 bits per heavy atom. The average Bonchev–Trinajstić information content (AvgIpc) is 4.01. The third kappa shape index (κ3) is 10.1. The van der Waals surface area contributed by atoms with E-state index < -0.39 is 53.7 Å². The van der Waals surface area contributed by atoms with Crippen molar-refractivity contribution in [3.8, 4) is 16.9 Å². The summed E-state index contributed by atoms with van der Waals surface area (Å²) in [6.07, 6.45) is 0.853. The zero-order valence-electron chi connectivity index (χ0n) is 30.9. The van der Waals surface area contributed by atoms with E-state index >= 15 is 0 Å². The monoisotopic (exact) mass is 757 g/mol. The molecule has 2 fully saturated rings. The van der Waals surface area contributed by atoms with Gasteiger partial charge in [0.2, 0.25) is 0 Å². The van der Waals surface area contributed by atoms with E-state index in [9.17, 15) is 29.1 Å². The molecule has 290 valence electrons. The molecule has 1 saturated carbocycles. The minimum atomic E-state index is -1.50. The lowest BCUT2D eigenvalue weighted by atomic mass is 9.89. The molecule has 1 aliphatic heterocycles. The SMILES string of the molecule is C=Cc1cc(C(=O)Nc2ccc(C(=N)NC(=O)OC3COCOC3)cc2)c(-c2c(C(C)OC(=O)C(C)C)cc(C(=O)NCC3CC3)nc2C(=O)O)cc1OC. The molecule has 3 aromatic rings. The second-order valence-electron chi connectivity index (χ2n) is 13.3. The van der Waals surface area contributed by atoms with Crippen molar-refractivity contribution in [2.24, 2.45) is 11.8 Å². The maximum absolute atomic E-state index is 14.1. The van der Waals surface area contributed by atoms with Crippen molar-refractivity contribution in [3.63, 3.8) is 0 Å². The van der Waals surface area contributed by atoms with Crippen molar-refractivity contribution < 1.29 is 52.8 Å². The molecule has 1 saturated heterocycles. The van der Waals surface area contributed by atoms with Crippen LogP contribution in [0.3, 0.4) is 0 Å². The Balaban J connectivity index is 1.51. The summed E-state index contributed by atoms with van der Waals surface area (Å²) in [6, 6.07) is 10.3. The van der Waals surface area contributed by atoms with Gasteiger partial charge in [0, 0.05) is 45.6 Å². The van der Waals surface area contributed by atoms with E-state index in [1.807, 2.05) is 0 Å². The van der Waals surface area contributed by atoms with Crippen LogP contribution in [0.1, 0.15) is 87.7 Å². The van der Waals surface area contributed by atoms with Gasteiger partial charge in [0.05, 0.1) is 26.2 Å². The number of methoxy groups -OCH3 is 1. The normalized spacial score (nSPS) is 14.6. The number of esters is 1. The van der Waals surface area contributed by atoms with E-state index in [-0.39, 0.29) is 59.5 Å². The van der Waals surface area contributed by atoms with Gasteiger partial charge in [-0.1, -0.05) is 26.5 Å². The predicted octanol–water partition coefficient (Wildman–Crippen LogP) is 5.18. The standard InChI is InChI=1S/C39H43N5O11/c1-6-23-13-29(35(45)42-25-11-9-24(10-12-25)34(40)44-39(50)55-26-17-52-19-53-18-26)28(15-31(23)51-5)32-27(21(4)54-38(49)20(2)3)14-30(43-33(32)37(47)48)36(46)41-16-22-7-8-22/h6,9-15,20-22,26H,1,7-8,16-19H2,2-5H3,(H,41,46)(H,42,45)(H,47,48)(H2,40,44,50). The molecule has 5 N–H and O–H groups in total. The summed E-state index contributed by atoms with van der Waals surface area (Å²) in [7, 11) is 1.40. The summed E-state index contributed by atoms with van der Waals surface area (Å²) < 4.78 is 26.7. The van der Waals surface area contributed by atoms with Gasteiger partial charge in [-0.3, -0.25) is 25.1 Å². The van der Waals surface area contributed by atoms with E-state index in [1.54, 1.807) is 13.8 Å². The molecule has 16 heteroatoms. The largest absolute Gasteiger partial charge is 0.496 e. The van der Waals surface area contributed by atoms with Crippen molar-refractivity contribution in [2.45, 2.75) is 45.8 Å². The van der Waals surface area contributed by atoms with Gasteiger partial charge in [0.1, 0.15) is 30.2 Å². The Morgan fingerprint density at radius 2 is 1.73 bits per heavy atom. The fraction of sp³-hybridized carbons (Fsp3) is 0.359. The van der Waals surface area contributed by atoms with Gasteiger partial charge in [-0.2, -0.15) is 0 Å². The third-order valence-corrected chi connectivity index (χ3v) is 8.75. The number of carbonyl (C=O) groups is 5. The van der Waals surface area contributed by atoms with Crippen molar-refractivity contribution in [2.75, 3.05) is 39.0 Å². The van der Waals surface area contributed by atoms with Gasteiger partial charge in [-0.15, -0.1) is 0 Å². The van der Waals surface area contributed by atoms with Gasteiger partial charge < -0.3 is 39.4 Å². The lowest BCUT2D eigenvalue weighted by molar-refractivity contribution is -0.152. The molecule has 1 aliphatic carbocycles. The van der Waals surface area contributed by atoms with Crippen LogP contribution in [0.2, 0.25) is 0 Å². The summed E-state index contributed by atoms with van der Waals surface area (Å²) in [5.41, 5.74) is 0.348. The van der Waals surface area contributed by atoms with Gasteiger partial charge in [0.25, 0.3) is 11.8 Å². The number of ether oxygens (including phenoxy) is 5. The third-order valence-electron chi connectivity index (χ3n) is 8.75. The Kier molecular flexibility index (Phi) is 13.0. The number of nitrogens with zero attached hydrogens (tertiary/aromatic N) is 1. The number of carboxylic acid groups (broad SMARTS) is 1. The van der Waals surface area contributed by atoms with Crippen molar-refractivity contribution >= 4 is 47.4 Å². The maximum Gasteiger partial charge on any atom is 0.413 e. The molecule has 0 spiro atoms. The van der Waals surface area contributed by atoms with Crippen LogP contribution in [0.4, 0.5) is 10.5 Å². The number of benzene rings is 2. The van der Waals surface area contributed by atoms with Crippen molar-refractivity contribution in [1.29, 1.82) is 5.41 Å². The molecule has 0 bridgehead atoms. The number of carbonyl (C=O) groups excluding carboxylic acids is 4. The van der Waals surface area contributed by atoms with Crippen LogP contribution in [-0.4, -0.2) is 85.5 Å². The fourth-order valence-electron chi connectivity index (χ4n) is 5.60. The maximum atomic E-state index is 14.1. The van der Waals surface area contributed by atoms with E-state index in [2.05, 4.69) is 27.5 Å². The fourth-order valence-corrected chi connectivity index (χ4v) is 5.60. The van der Waals surface area contributed by atoms with E-state index in [0.717, 1.165) is 12.8 Å². The van der Waals surface area contributed by atoms with Crippen LogP contribution < -0.4 is 20.7 Å². The van der Waals surface area contributed by atoms with Crippen LogP contribution in [0, 0.1) is 17.2 Å². The highest BCUT2D eigenvalue weighted by atomic mass is 16.7. The molecule has 3 amide bonds. The molecule has 0 radical (unpaired) electrons. The molecule has 5 rings (SSSR count). The topological polar surface area (TPSA) is 225 Å². The first-order valence-electron chi connectivity index (χ1n) is 17.5. The second-order valence-corrected chi connectivity index (χ2v) is 13.3. The average molecular weight is 758 g/mol. The van der Waals surface area contributed by atoms with Gasteiger partial charge in [-0.25, -0.2) is 14.6 Å². The molecular formula is C39H43N5O11. The minimum Gasteiger partial charge on any atom is -0.496 e. The number of amidine groups is 1. The molecule has 2 heterocycles. The Hall–Kier alpha value is -6.13. The smallest absolute Gasteiger partial charge is 0.413 e. The first kappa shape index (κ1) is 40.1. The Labute approximate surface area is 317 Å². The van der Waals surface area contributed by atoms with E-state index in [4.69, 9.17) is 29.1 Å². The number of pyridine rings is 1. The molecular weight excluding hydrogens is 714 g/mol. The van der Waals surface area contributed by atoms with Crippen LogP contribution in [-0.2, 0) is 23.7 Å². The van der Waals surface area contributed by atoms with Crippen LogP contribution in [0.15, 0.2) is 49.0 Å². The number of carboxylic acids is 1. The van der Waals surface area contributed by atoms with Crippen LogP contribution in [0.25, 0.3) is 17.2 Å². The first-order valence-corrected chi connectivity index (χ1v) is 17.5. The Bertz CT molecular complexity index is 1990. The van der Waals surface area contributed by atoms with E-state index in [0.29, 0.717) is 29.3 Å². The summed E-state index contributed by atoms with van der Waals surface area (Å²) >= 11 is 0. The van der Waals surface area contributed by atoms with Crippen molar-refractivity contribution in [1.82, 2.24) is 15.6 Å². The molecule has 2 aliphatic rings. The molecule has 55 heavy (non-hydrogen) atoms. The lowest BCUT2D eigenvalue weighted by Crippen LogP contribution is -2.39. The lowest BCUT2D eigenvalue weighted by Gasteiger charge is -2.23. The van der Waals surface area contributed by atoms with Crippen LogP contribution in [0.5, 0.6) is 5.75 Å². The summed E-state index contributed by atoms with van der Waals surface area (Å²) in [5.74, 6) is -3.53. The number of nitrogens with one attached hydrogen (secondary N) is 4. The van der Waals surface area contributed by atoms with Gasteiger partial charge >= 0.3 is 18.0 Å². The highest BCUT2D eigenvalue weighted by molar-refractivity contribution is 6.12. The molecule has 1 atom stereocenters. The summed E-state index contributed by atoms with van der Waals surface area (Å²) in [5, 5.41) is 26.7. The highest BCUT2D eigenvalue weighted by Gasteiger charge is 2.31. The van der Waals surface area contributed by atoms with Gasteiger partial charge in [0.15, 0.2) is 11.8 Å². The number of amides is 3. The Morgan fingerprint density at radius 1 is 1.04 bits per heavy atom. The van der Waals surface area contributed by atoms with Gasteiger partial charge in [-0.05, 0) is 68.1 Å². The minimum absolute atomic E-state index is 0.0218. The molecule has 16 nitrogen and oxygen atoms in total. The van der Waals surface area contributed by atoms with Crippen molar-refractivity contribution in [3.05, 3.63) is 82.7 Å². The van der Waals surface area contributed by atoms with Crippen LogP contribution >= 0.6 is 0 Å². The summed E-state index contributed by atoms with van der Waals surface area (Å²) in [6.45, 7) is 9.50. The number of anilines is 1. The number of alkyl carbamates (subject to hydrolysis) is 1. The number of aromatic nitrogens is 1. The number of aromatic carboxylic acids is 1. The zero-order valence-corrected chi connectivity index (χ0v) is 30.9. The highest BCUT2D eigenvalue weighted by Crippen LogP contribution is 2.39. The zero-order chi connectivity index (χ0) is 39.8. The predicted molar refractivity (Wildman–Crippen MR) is 199 cm³/mol. The molecule has 1 unspecified atom stereocenters. The second kappa shape index (κ2) is 17.8. The quantitative estimate of drug-likeness (QED) is 0.0816. The number of hydrogen-bond donors (Lipinski definition) is 5. The van der Waals surface area contributed by atoms with E-state index in [1.165, 1.54) is 62.6 Å². The first-order chi connectivity index (χ1) is 26.3.